The van der Waals surface area contributed by atoms with Crippen molar-refractivity contribution in [3.63, 3.8) is 0 Å². The minimum Gasteiger partial charge on any atom is -0.465 e. The highest BCUT2D eigenvalue weighted by molar-refractivity contribution is 7.91. The van der Waals surface area contributed by atoms with E-state index in [0.29, 0.717) is 6.54 Å². The lowest BCUT2D eigenvalue weighted by Crippen LogP contribution is -2.42. The van der Waals surface area contributed by atoms with Crippen LogP contribution in [0.3, 0.4) is 0 Å². The molecular weight excluding hydrogens is 354 g/mol. The van der Waals surface area contributed by atoms with Crippen molar-refractivity contribution in [3.8, 4) is 0 Å². The van der Waals surface area contributed by atoms with Gasteiger partial charge in [-0.05, 0) is 32.3 Å². The Morgan fingerprint density at radius 1 is 1.17 bits per heavy atom. The lowest BCUT2D eigenvalue weighted by Gasteiger charge is -2.32. The Morgan fingerprint density at radius 2 is 1.79 bits per heavy atom. The second-order valence-electron chi connectivity index (χ2n) is 5.66. The third-order valence-corrected chi connectivity index (χ3v) is 7.94. The first-order valence-corrected chi connectivity index (χ1v) is 9.83. The molecule has 0 aromatic carbocycles. The number of esters is 2. The van der Waals surface area contributed by atoms with Crippen molar-refractivity contribution in [3.05, 3.63) is 16.0 Å². The molecule has 2 rings (SSSR count). The number of methoxy groups -OCH3 is 2. The molecule has 0 unspecified atom stereocenters. The number of piperidine rings is 1. The standard InChI is InChI=1S/C15H21NO6S2/c1-9-7-5-6-8-16(9)24(19,20)15-11(13(17)21-3)10(2)12(23-15)14(18)22-4/h9H,5-8H2,1-4H3/t9-/m1/s1. The molecular formula is C15H21NO6S2. The summed E-state index contributed by atoms with van der Waals surface area (Å²) >= 11 is 0.760. The minimum atomic E-state index is -3.90. The maximum atomic E-state index is 13.1. The smallest absolute Gasteiger partial charge is 0.348 e. The molecule has 0 bridgehead atoms. The summed E-state index contributed by atoms with van der Waals surface area (Å²) in [5.41, 5.74) is 0.183. The first-order chi connectivity index (χ1) is 11.3. The highest BCUT2D eigenvalue weighted by Gasteiger charge is 2.38. The zero-order valence-corrected chi connectivity index (χ0v) is 15.8. The van der Waals surface area contributed by atoms with Crippen LogP contribution in [0, 0.1) is 6.92 Å². The highest BCUT2D eigenvalue weighted by Crippen LogP contribution is 2.36. The zero-order chi connectivity index (χ0) is 18.1. The summed E-state index contributed by atoms with van der Waals surface area (Å²) < 4.78 is 36.8. The van der Waals surface area contributed by atoms with Crippen LogP contribution in [0.1, 0.15) is 51.8 Å². The molecule has 1 aliphatic rings. The van der Waals surface area contributed by atoms with E-state index >= 15 is 0 Å². The average Bonchev–Trinajstić information content (AvgIpc) is 2.91. The summed E-state index contributed by atoms with van der Waals surface area (Å²) in [7, 11) is -1.51. The van der Waals surface area contributed by atoms with Crippen molar-refractivity contribution in [2.24, 2.45) is 0 Å². The molecule has 0 spiro atoms. The molecule has 9 heteroatoms. The maximum absolute atomic E-state index is 13.1. The second-order valence-corrected chi connectivity index (χ2v) is 8.77. The number of hydrogen-bond donors (Lipinski definition) is 0. The molecule has 24 heavy (non-hydrogen) atoms. The Kier molecular flexibility index (Phi) is 5.67. The number of hydrogen-bond acceptors (Lipinski definition) is 7. The molecule has 0 N–H and O–H groups in total. The number of thiophene rings is 1. The summed E-state index contributed by atoms with van der Waals surface area (Å²) in [5.74, 6) is -1.45. The normalized spacial score (nSPS) is 19.1. The summed E-state index contributed by atoms with van der Waals surface area (Å²) in [4.78, 5) is 24.1. The van der Waals surface area contributed by atoms with Crippen LogP contribution in [-0.4, -0.2) is 51.5 Å². The largest absolute Gasteiger partial charge is 0.465 e. The van der Waals surface area contributed by atoms with E-state index in [-0.39, 0.29) is 26.3 Å². The van der Waals surface area contributed by atoms with Gasteiger partial charge in [0.05, 0.1) is 19.8 Å². The third kappa shape index (κ3) is 3.20. The predicted molar refractivity (Wildman–Crippen MR) is 88.9 cm³/mol. The van der Waals surface area contributed by atoms with Crippen molar-refractivity contribution in [1.29, 1.82) is 0 Å². The van der Waals surface area contributed by atoms with Gasteiger partial charge in [-0.25, -0.2) is 18.0 Å². The molecule has 1 saturated heterocycles. The lowest BCUT2D eigenvalue weighted by atomic mass is 10.1. The molecule has 1 aromatic rings. The van der Waals surface area contributed by atoms with E-state index in [0.717, 1.165) is 30.6 Å². The quantitative estimate of drug-likeness (QED) is 0.750. The molecule has 1 aliphatic heterocycles. The Labute approximate surface area is 145 Å². The number of nitrogens with zero attached hydrogens (tertiary/aromatic N) is 1. The van der Waals surface area contributed by atoms with Gasteiger partial charge in [0.15, 0.2) is 4.21 Å². The van der Waals surface area contributed by atoms with Crippen LogP contribution in [0.4, 0.5) is 0 Å². The molecule has 0 amide bonds. The SMILES string of the molecule is COC(=O)c1sc(S(=O)(=O)N2CCCC[C@H]2C)c(C(=O)OC)c1C. The van der Waals surface area contributed by atoms with Gasteiger partial charge in [-0.3, -0.25) is 0 Å². The van der Waals surface area contributed by atoms with Gasteiger partial charge < -0.3 is 9.47 Å². The fourth-order valence-corrected chi connectivity index (χ4v) is 6.39. The van der Waals surface area contributed by atoms with Gasteiger partial charge in [-0.15, -0.1) is 11.3 Å². The van der Waals surface area contributed by atoms with Crippen LogP contribution in [0.15, 0.2) is 4.21 Å². The number of carbonyl (C=O) groups is 2. The lowest BCUT2D eigenvalue weighted by molar-refractivity contribution is 0.0596. The van der Waals surface area contributed by atoms with Gasteiger partial charge in [0.2, 0.25) is 0 Å². The summed E-state index contributed by atoms with van der Waals surface area (Å²) in [6, 6.07) is -0.154. The maximum Gasteiger partial charge on any atom is 0.348 e. The molecule has 1 fully saturated rings. The summed E-state index contributed by atoms with van der Waals surface area (Å²) in [6.07, 6.45) is 2.50. The van der Waals surface area contributed by atoms with E-state index in [1.165, 1.54) is 25.4 Å². The molecule has 134 valence electrons. The molecule has 0 aliphatic carbocycles. The first kappa shape index (κ1) is 18.9. The van der Waals surface area contributed by atoms with E-state index in [4.69, 9.17) is 4.74 Å². The van der Waals surface area contributed by atoms with Gasteiger partial charge in [-0.1, -0.05) is 6.42 Å². The van der Waals surface area contributed by atoms with Crippen molar-refractivity contribution in [1.82, 2.24) is 4.31 Å². The zero-order valence-electron chi connectivity index (χ0n) is 14.1. The van der Waals surface area contributed by atoms with Gasteiger partial charge in [0.1, 0.15) is 4.88 Å². The highest BCUT2D eigenvalue weighted by atomic mass is 32.2. The number of carbonyl (C=O) groups excluding carboxylic acids is 2. The van der Waals surface area contributed by atoms with Crippen molar-refractivity contribution in [2.75, 3.05) is 20.8 Å². The molecule has 0 radical (unpaired) electrons. The van der Waals surface area contributed by atoms with Crippen LogP contribution in [0.5, 0.6) is 0 Å². The first-order valence-electron chi connectivity index (χ1n) is 7.57. The van der Waals surface area contributed by atoms with Crippen LogP contribution in [0.25, 0.3) is 0 Å². The number of ether oxygens (including phenoxy) is 2. The average molecular weight is 375 g/mol. The van der Waals surface area contributed by atoms with Gasteiger partial charge in [-0.2, -0.15) is 4.31 Å². The van der Waals surface area contributed by atoms with Crippen LogP contribution < -0.4 is 0 Å². The van der Waals surface area contributed by atoms with E-state index in [2.05, 4.69) is 4.74 Å². The van der Waals surface area contributed by atoms with Crippen LogP contribution >= 0.6 is 11.3 Å². The van der Waals surface area contributed by atoms with Crippen molar-refractivity contribution >= 4 is 33.3 Å². The van der Waals surface area contributed by atoms with Gasteiger partial charge >= 0.3 is 11.9 Å². The molecule has 1 aromatic heterocycles. The fourth-order valence-electron chi connectivity index (χ4n) is 2.83. The van der Waals surface area contributed by atoms with E-state index < -0.39 is 22.0 Å². The van der Waals surface area contributed by atoms with E-state index in [9.17, 15) is 18.0 Å². The fraction of sp³-hybridized carbons (Fsp3) is 0.600. The van der Waals surface area contributed by atoms with Crippen molar-refractivity contribution < 1.29 is 27.5 Å². The Balaban J connectivity index is 2.63. The van der Waals surface area contributed by atoms with E-state index in [1.54, 1.807) is 0 Å². The molecule has 2 heterocycles. The topological polar surface area (TPSA) is 90.0 Å². The Bertz CT molecular complexity index is 752. The summed E-state index contributed by atoms with van der Waals surface area (Å²) in [6.45, 7) is 3.76. The second kappa shape index (κ2) is 7.20. The van der Waals surface area contributed by atoms with Crippen LogP contribution in [0.2, 0.25) is 0 Å². The molecule has 0 saturated carbocycles. The van der Waals surface area contributed by atoms with Crippen molar-refractivity contribution in [2.45, 2.75) is 43.4 Å². The Hall–Kier alpha value is -1.45. The predicted octanol–water partition coefficient (Wildman–Crippen LogP) is 2.19. The third-order valence-electron chi connectivity index (χ3n) is 4.16. The van der Waals surface area contributed by atoms with Gasteiger partial charge in [0, 0.05) is 12.6 Å². The van der Waals surface area contributed by atoms with E-state index in [1.807, 2.05) is 6.92 Å². The molecule has 1 atom stereocenters. The Morgan fingerprint density at radius 3 is 2.33 bits per heavy atom. The van der Waals surface area contributed by atoms with Crippen LogP contribution in [-0.2, 0) is 19.5 Å². The summed E-state index contributed by atoms with van der Waals surface area (Å²) in [5, 5.41) is 0. The monoisotopic (exact) mass is 375 g/mol. The minimum absolute atomic E-state index is 0.0827. The van der Waals surface area contributed by atoms with Gasteiger partial charge in [0.25, 0.3) is 10.0 Å². The number of rotatable bonds is 4. The molecule has 7 nitrogen and oxygen atoms in total. The number of sulfonamides is 1.